The number of hydrogen-bond acceptors (Lipinski definition) is 2. The van der Waals surface area contributed by atoms with Crippen LogP contribution in [0, 0.1) is 0 Å². The minimum atomic E-state index is -0.995. The normalized spacial score (nSPS) is 6.17. The maximum atomic E-state index is 9.26. The Morgan fingerprint density at radius 2 is 2.00 bits per heavy atom. The molecule has 0 atom stereocenters. The second kappa shape index (κ2) is 5.20. The Morgan fingerprint density at radius 1 is 1.83 bits per heavy atom. The second-order valence-corrected chi connectivity index (χ2v) is 0.726. The summed E-state index contributed by atoms with van der Waals surface area (Å²) in [5.41, 5.74) is 0. The summed E-state index contributed by atoms with van der Waals surface area (Å²) >= 11 is 0. The highest BCUT2D eigenvalue weighted by Gasteiger charge is 1.65. The molecule has 0 amide bonds. The highest BCUT2D eigenvalue weighted by atomic mass is 127. The lowest BCUT2D eigenvalue weighted by atomic mass is 10.5. The third kappa shape index (κ3) is 8.89. The number of aliphatic carboxylic acids is 1. The number of carboxylic acids is 1. The van der Waals surface area contributed by atoms with Gasteiger partial charge >= 0.3 is 0 Å². The lowest BCUT2D eigenvalue weighted by Gasteiger charge is -1.87. The Kier molecular flexibility index (Phi) is 8.24. The van der Waals surface area contributed by atoms with E-state index in [9.17, 15) is 9.90 Å². The van der Waals surface area contributed by atoms with E-state index in [1.807, 2.05) is 0 Å². The molecule has 0 aliphatic carbocycles. The minimum absolute atomic E-state index is 0. The zero-order chi connectivity index (χ0) is 4.28. The fourth-order valence-electron chi connectivity index (χ4n) is 0. The minimum Gasteiger partial charge on any atom is -1.00 e. The molecule has 0 aliphatic rings. The van der Waals surface area contributed by atoms with Gasteiger partial charge in [0.25, 0.3) is 0 Å². The number of hydrogen-bond donors (Lipinski definition) is 0. The Morgan fingerprint density at radius 3 is 2.00 bits per heavy atom. The van der Waals surface area contributed by atoms with Crippen LogP contribution in [0.2, 0.25) is 0 Å². The first-order valence-corrected chi connectivity index (χ1v) is 1.47. The van der Waals surface area contributed by atoms with Crippen molar-refractivity contribution in [3.05, 3.63) is 0 Å². The molecule has 0 aromatic carbocycles. The maximum Gasteiger partial charge on any atom is 0.0411 e. The summed E-state index contributed by atoms with van der Waals surface area (Å²) in [6, 6.07) is 0. The predicted molar refractivity (Wildman–Crippen MR) is 15.3 cm³/mol. The van der Waals surface area contributed by atoms with Gasteiger partial charge in [-0.1, -0.05) is 6.92 Å². The summed E-state index contributed by atoms with van der Waals surface area (Å²) in [7, 11) is 0. The average molecular weight is 200 g/mol. The highest BCUT2D eigenvalue weighted by Crippen LogP contribution is 1.61. The molecule has 0 fully saturated rings. The van der Waals surface area contributed by atoms with Crippen molar-refractivity contribution >= 4 is 5.97 Å². The van der Waals surface area contributed by atoms with Crippen LogP contribution in [-0.4, -0.2) is 5.97 Å². The van der Waals surface area contributed by atoms with E-state index in [1.165, 1.54) is 6.92 Å². The van der Waals surface area contributed by atoms with E-state index >= 15 is 0 Å². The van der Waals surface area contributed by atoms with Crippen molar-refractivity contribution in [2.45, 2.75) is 13.3 Å². The van der Waals surface area contributed by atoms with Gasteiger partial charge < -0.3 is 33.9 Å². The van der Waals surface area contributed by atoms with Crippen molar-refractivity contribution in [1.29, 1.82) is 0 Å². The first-order valence-electron chi connectivity index (χ1n) is 1.47. The lowest BCUT2D eigenvalue weighted by Crippen LogP contribution is -3.00. The van der Waals surface area contributed by atoms with Gasteiger partial charge in [-0.15, -0.1) is 0 Å². The molecule has 0 bridgehead atoms. The molecule has 0 unspecified atom stereocenters. The van der Waals surface area contributed by atoms with Crippen molar-refractivity contribution in [2.75, 3.05) is 0 Å². The fourth-order valence-corrected chi connectivity index (χ4v) is 0. The van der Waals surface area contributed by atoms with Gasteiger partial charge in [0.05, 0.1) is 0 Å². The van der Waals surface area contributed by atoms with Crippen LogP contribution in [0.5, 0.6) is 0 Å². The van der Waals surface area contributed by atoms with Crippen LogP contribution >= 0.6 is 0 Å². The topological polar surface area (TPSA) is 40.1 Å². The largest absolute Gasteiger partial charge is 1.00 e. The Balaban J connectivity index is 0. The van der Waals surface area contributed by atoms with Crippen LogP contribution in [-0.2, 0) is 4.79 Å². The van der Waals surface area contributed by atoms with Crippen LogP contribution in [0.1, 0.15) is 13.3 Å². The molecule has 0 N–H and O–H groups in total. The molecule has 0 rings (SSSR count). The number of carbonyl (C=O) groups is 1. The van der Waals surface area contributed by atoms with Gasteiger partial charge in [0.2, 0.25) is 0 Å². The highest BCUT2D eigenvalue weighted by molar-refractivity contribution is 5.63. The Hall–Kier alpha value is 0.200. The van der Waals surface area contributed by atoms with Crippen molar-refractivity contribution in [3.8, 4) is 0 Å². The van der Waals surface area contributed by atoms with Crippen molar-refractivity contribution < 1.29 is 33.9 Å². The number of carboxylic acid groups (broad SMARTS) is 1. The molecular formula is C3H5IO2-2. The van der Waals surface area contributed by atoms with Gasteiger partial charge in [-0.05, 0) is 6.42 Å². The number of rotatable bonds is 1. The molecule has 0 heterocycles. The van der Waals surface area contributed by atoms with Crippen molar-refractivity contribution in [3.63, 3.8) is 0 Å². The SMILES string of the molecule is CCC(=O)[O-].[I-]. The first-order chi connectivity index (χ1) is 2.27. The fraction of sp³-hybridized carbons (Fsp3) is 0.667. The van der Waals surface area contributed by atoms with Gasteiger partial charge in [-0.25, -0.2) is 0 Å². The molecule has 0 saturated heterocycles. The van der Waals surface area contributed by atoms with Gasteiger partial charge in [0.1, 0.15) is 0 Å². The van der Waals surface area contributed by atoms with Crippen LogP contribution in [0.15, 0.2) is 0 Å². The van der Waals surface area contributed by atoms with Crippen LogP contribution in [0.3, 0.4) is 0 Å². The van der Waals surface area contributed by atoms with Crippen molar-refractivity contribution in [2.24, 2.45) is 0 Å². The molecule has 38 valence electrons. The van der Waals surface area contributed by atoms with Gasteiger partial charge in [-0.2, -0.15) is 0 Å². The standard InChI is InChI=1S/C3H6O2.HI/c1-2-3(4)5;/h2H2,1H3,(H,4,5);1H/p-2. The molecular weight excluding hydrogens is 195 g/mol. The average Bonchev–Trinajstić information content (AvgIpc) is 1.38. The van der Waals surface area contributed by atoms with E-state index < -0.39 is 5.97 Å². The zero-order valence-corrected chi connectivity index (χ0v) is 5.56. The van der Waals surface area contributed by atoms with E-state index in [1.54, 1.807) is 0 Å². The quantitative estimate of drug-likeness (QED) is 0.406. The molecule has 0 spiro atoms. The monoisotopic (exact) mass is 200 g/mol. The Bertz CT molecular complexity index is 44.1. The third-order valence-electron chi connectivity index (χ3n) is 0.289. The summed E-state index contributed by atoms with van der Waals surface area (Å²) in [5.74, 6) is -0.995. The summed E-state index contributed by atoms with van der Waals surface area (Å²) in [6.45, 7) is 1.54. The van der Waals surface area contributed by atoms with Crippen molar-refractivity contribution in [1.82, 2.24) is 0 Å². The van der Waals surface area contributed by atoms with E-state index in [-0.39, 0.29) is 30.4 Å². The molecule has 0 saturated carbocycles. The summed E-state index contributed by atoms with van der Waals surface area (Å²) < 4.78 is 0. The molecule has 0 radical (unpaired) electrons. The third-order valence-corrected chi connectivity index (χ3v) is 0.289. The zero-order valence-electron chi connectivity index (χ0n) is 3.40. The van der Waals surface area contributed by atoms with Crippen LogP contribution in [0.4, 0.5) is 0 Å². The van der Waals surface area contributed by atoms with Crippen LogP contribution in [0.25, 0.3) is 0 Å². The summed E-state index contributed by atoms with van der Waals surface area (Å²) in [6.07, 6.45) is 0.111. The smallest absolute Gasteiger partial charge is 0.0411 e. The molecule has 2 nitrogen and oxygen atoms in total. The molecule has 3 heteroatoms. The summed E-state index contributed by atoms with van der Waals surface area (Å²) in [4.78, 5) is 9.26. The number of carbonyl (C=O) groups excluding carboxylic acids is 1. The van der Waals surface area contributed by atoms with E-state index in [0.717, 1.165) is 0 Å². The number of halogens is 1. The van der Waals surface area contributed by atoms with Gasteiger partial charge in [-0.3, -0.25) is 0 Å². The predicted octanol–water partition coefficient (Wildman–Crippen LogP) is -3.85. The molecule has 0 aromatic rings. The maximum absolute atomic E-state index is 9.26. The molecule has 0 aliphatic heterocycles. The molecule has 0 aromatic heterocycles. The Labute approximate surface area is 53.6 Å². The summed E-state index contributed by atoms with van der Waals surface area (Å²) in [5, 5.41) is 9.26. The van der Waals surface area contributed by atoms with Crippen LogP contribution < -0.4 is 29.1 Å². The first kappa shape index (κ1) is 9.50. The van der Waals surface area contributed by atoms with E-state index in [2.05, 4.69) is 0 Å². The van der Waals surface area contributed by atoms with E-state index in [4.69, 9.17) is 0 Å². The van der Waals surface area contributed by atoms with E-state index in [0.29, 0.717) is 0 Å². The van der Waals surface area contributed by atoms with Gasteiger partial charge in [0.15, 0.2) is 0 Å². The second-order valence-electron chi connectivity index (χ2n) is 0.726. The lowest BCUT2D eigenvalue weighted by molar-refractivity contribution is -0.305. The molecule has 6 heavy (non-hydrogen) atoms. The van der Waals surface area contributed by atoms with Gasteiger partial charge in [0, 0.05) is 5.97 Å².